The van der Waals surface area contributed by atoms with Crippen LogP contribution >= 0.6 is 0 Å². The molecule has 3 atom stereocenters. The molecule has 0 spiro atoms. The molecule has 0 aromatic rings. The van der Waals surface area contributed by atoms with Crippen LogP contribution in [0.5, 0.6) is 0 Å². The summed E-state index contributed by atoms with van der Waals surface area (Å²) in [5, 5.41) is 3.79. The molecule has 0 unspecified atom stereocenters. The minimum Gasteiger partial charge on any atom is -0.444 e. The Kier molecular flexibility index (Phi) is 3.39. The van der Waals surface area contributed by atoms with Crippen LogP contribution in [0.4, 0.5) is 4.79 Å². The van der Waals surface area contributed by atoms with Gasteiger partial charge in [-0.1, -0.05) is 5.11 Å². The summed E-state index contributed by atoms with van der Waals surface area (Å²) in [5.41, 5.74) is 8.03. The third kappa shape index (κ3) is 2.70. The highest BCUT2D eigenvalue weighted by Gasteiger charge is 2.44. The summed E-state index contributed by atoms with van der Waals surface area (Å²) in [6.45, 7) is 5.62. The Balaban J connectivity index is 2.04. The monoisotopic (exact) mass is 252 g/mol. The normalized spacial score (nSPS) is 30.8. The van der Waals surface area contributed by atoms with Crippen molar-refractivity contribution in [3.05, 3.63) is 10.4 Å². The minimum atomic E-state index is -0.460. The van der Waals surface area contributed by atoms with Crippen molar-refractivity contribution in [3.63, 3.8) is 0 Å². The topological polar surface area (TPSA) is 78.3 Å². The Labute approximate surface area is 107 Å². The molecule has 2 rings (SSSR count). The summed E-state index contributed by atoms with van der Waals surface area (Å²) in [6, 6.07) is 0.384. The molecular weight excluding hydrogens is 232 g/mol. The zero-order chi connectivity index (χ0) is 13.3. The van der Waals surface area contributed by atoms with Crippen molar-refractivity contribution >= 4 is 6.09 Å². The van der Waals surface area contributed by atoms with Crippen molar-refractivity contribution in [2.75, 3.05) is 0 Å². The lowest BCUT2D eigenvalue weighted by atomic mass is 9.99. The number of carbonyl (C=O) groups excluding carboxylic acids is 1. The number of carbonyl (C=O) groups is 1. The zero-order valence-corrected chi connectivity index (χ0v) is 11.2. The van der Waals surface area contributed by atoms with Gasteiger partial charge in [-0.25, -0.2) is 4.79 Å². The Morgan fingerprint density at radius 1 is 1.33 bits per heavy atom. The molecule has 0 aromatic heterocycles. The summed E-state index contributed by atoms with van der Waals surface area (Å²) in [6.07, 6.45) is 3.27. The van der Waals surface area contributed by atoms with Gasteiger partial charge in [0.05, 0.1) is 0 Å². The third-order valence-electron chi connectivity index (χ3n) is 3.53. The number of azide groups is 1. The summed E-state index contributed by atoms with van der Waals surface area (Å²) in [4.78, 5) is 16.9. The van der Waals surface area contributed by atoms with E-state index in [1.165, 1.54) is 0 Å². The standard InChI is InChI=1S/C12H20N4O2/c1-12(2,3)18-11(17)16-9-4-5-10(16)7-8(6-9)14-15-13/h8-10H,4-7H2,1-3H3/t8-,9+,10-. The van der Waals surface area contributed by atoms with Gasteiger partial charge in [0.25, 0.3) is 0 Å². The number of rotatable bonds is 1. The maximum atomic E-state index is 12.1. The third-order valence-corrected chi connectivity index (χ3v) is 3.53. The van der Waals surface area contributed by atoms with Gasteiger partial charge < -0.3 is 9.64 Å². The zero-order valence-electron chi connectivity index (χ0n) is 11.2. The van der Waals surface area contributed by atoms with Crippen LogP contribution in [0.1, 0.15) is 46.5 Å². The lowest BCUT2D eigenvalue weighted by Gasteiger charge is -2.38. The van der Waals surface area contributed by atoms with Gasteiger partial charge in [-0.15, -0.1) is 0 Å². The number of piperidine rings is 1. The van der Waals surface area contributed by atoms with E-state index in [2.05, 4.69) is 10.0 Å². The number of nitrogens with zero attached hydrogens (tertiary/aromatic N) is 4. The molecule has 0 saturated carbocycles. The fraction of sp³-hybridized carbons (Fsp3) is 0.917. The van der Waals surface area contributed by atoms with E-state index in [-0.39, 0.29) is 24.2 Å². The second kappa shape index (κ2) is 4.69. The minimum absolute atomic E-state index is 0.0335. The van der Waals surface area contributed by atoms with E-state index in [0.717, 1.165) is 25.7 Å². The number of ether oxygens (including phenoxy) is 1. The summed E-state index contributed by atoms with van der Waals surface area (Å²) in [7, 11) is 0. The van der Waals surface area contributed by atoms with Crippen LogP contribution in [-0.2, 0) is 4.74 Å². The van der Waals surface area contributed by atoms with Crippen molar-refractivity contribution in [1.29, 1.82) is 0 Å². The fourth-order valence-electron chi connectivity index (χ4n) is 2.93. The molecule has 2 bridgehead atoms. The maximum Gasteiger partial charge on any atom is 0.410 e. The largest absolute Gasteiger partial charge is 0.444 e. The van der Waals surface area contributed by atoms with E-state index in [0.29, 0.717) is 0 Å². The van der Waals surface area contributed by atoms with Crippen LogP contribution < -0.4 is 0 Å². The van der Waals surface area contributed by atoms with E-state index in [9.17, 15) is 4.79 Å². The first kappa shape index (κ1) is 13.0. The van der Waals surface area contributed by atoms with Crippen molar-refractivity contribution < 1.29 is 9.53 Å². The Morgan fingerprint density at radius 3 is 2.33 bits per heavy atom. The van der Waals surface area contributed by atoms with Gasteiger partial charge in [0.15, 0.2) is 0 Å². The van der Waals surface area contributed by atoms with Gasteiger partial charge in [0.1, 0.15) is 5.60 Å². The van der Waals surface area contributed by atoms with Gasteiger partial charge in [-0.3, -0.25) is 0 Å². The van der Waals surface area contributed by atoms with Gasteiger partial charge in [-0.2, -0.15) is 0 Å². The molecule has 6 heteroatoms. The molecule has 0 radical (unpaired) electrons. The van der Waals surface area contributed by atoms with Crippen LogP contribution in [0.3, 0.4) is 0 Å². The van der Waals surface area contributed by atoms with Gasteiger partial charge in [-0.05, 0) is 52.0 Å². The van der Waals surface area contributed by atoms with Crippen molar-refractivity contribution in [1.82, 2.24) is 4.90 Å². The van der Waals surface area contributed by atoms with Gasteiger partial charge in [0, 0.05) is 23.0 Å². The quantitative estimate of drug-likeness (QED) is 0.408. The van der Waals surface area contributed by atoms with Crippen LogP contribution in [0.15, 0.2) is 5.11 Å². The highest BCUT2D eigenvalue weighted by Crippen LogP contribution is 2.37. The molecule has 6 nitrogen and oxygen atoms in total. The molecule has 2 saturated heterocycles. The van der Waals surface area contributed by atoms with Crippen LogP contribution in [0, 0.1) is 0 Å². The molecule has 2 aliphatic rings. The summed E-state index contributed by atoms with van der Waals surface area (Å²) < 4.78 is 5.44. The average Bonchev–Trinajstić information content (AvgIpc) is 2.49. The first-order chi connectivity index (χ1) is 8.40. The van der Waals surface area contributed by atoms with Crippen LogP contribution in [-0.4, -0.2) is 34.7 Å². The Morgan fingerprint density at radius 2 is 1.89 bits per heavy atom. The molecular formula is C12H20N4O2. The van der Waals surface area contributed by atoms with E-state index >= 15 is 0 Å². The molecule has 2 heterocycles. The Bertz CT molecular complexity index is 370. The molecule has 0 N–H and O–H groups in total. The molecule has 0 aromatic carbocycles. The second-order valence-electron chi connectivity index (χ2n) is 6.10. The SMILES string of the molecule is CC(C)(C)OC(=O)N1[C@@H]2CC[C@H]1C[C@@H](N=[N+]=[N-])C2. The molecule has 18 heavy (non-hydrogen) atoms. The Hall–Kier alpha value is -1.42. The van der Waals surface area contributed by atoms with E-state index < -0.39 is 5.60 Å². The van der Waals surface area contributed by atoms with Crippen molar-refractivity contribution in [2.24, 2.45) is 5.11 Å². The van der Waals surface area contributed by atoms with E-state index in [1.807, 2.05) is 25.7 Å². The van der Waals surface area contributed by atoms with Crippen molar-refractivity contribution in [2.45, 2.75) is 70.2 Å². The van der Waals surface area contributed by atoms with E-state index in [1.54, 1.807) is 0 Å². The molecule has 0 aliphatic carbocycles. The van der Waals surface area contributed by atoms with Gasteiger partial charge in [0.2, 0.25) is 0 Å². The maximum absolute atomic E-state index is 12.1. The first-order valence-electron chi connectivity index (χ1n) is 6.46. The lowest BCUT2D eigenvalue weighted by Crippen LogP contribution is -2.49. The molecule has 1 amide bonds. The summed E-state index contributed by atoms with van der Waals surface area (Å²) in [5.74, 6) is 0. The number of amides is 1. The molecule has 2 aliphatic heterocycles. The molecule has 100 valence electrons. The second-order valence-corrected chi connectivity index (χ2v) is 6.10. The fourth-order valence-corrected chi connectivity index (χ4v) is 2.93. The lowest BCUT2D eigenvalue weighted by molar-refractivity contribution is 0.00620. The van der Waals surface area contributed by atoms with Crippen molar-refractivity contribution in [3.8, 4) is 0 Å². The highest BCUT2D eigenvalue weighted by molar-refractivity contribution is 5.69. The first-order valence-corrected chi connectivity index (χ1v) is 6.46. The van der Waals surface area contributed by atoms with Crippen LogP contribution in [0.2, 0.25) is 0 Å². The number of fused-ring (bicyclic) bond motifs is 2. The number of hydrogen-bond acceptors (Lipinski definition) is 3. The average molecular weight is 252 g/mol. The van der Waals surface area contributed by atoms with Gasteiger partial charge >= 0.3 is 6.09 Å². The van der Waals surface area contributed by atoms with E-state index in [4.69, 9.17) is 10.3 Å². The predicted molar refractivity (Wildman–Crippen MR) is 67.1 cm³/mol. The molecule has 2 fully saturated rings. The number of hydrogen-bond donors (Lipinski definition) is 0. The highest BCUT2D eigenvalue weighted by atomic mass is 16.6. The summed E-state index contributed by atoms with van der Waals surface area (Å²) >= 11 is 0. The van der Waals surface area contributed by atoms with Crippen LogP contribution in [0.25, 0.3) is 10.4 Å². The smallest absolute Gasteiger partial charge is 0.410 e. The predicted octanol–water partition coefficient (Wildman–Crippen LogP) is 3.23.